The molecule has 0 aromatic heterocycles. The van der Waals surface area contributed by atoms with Gasteiger partial charge in [-0.15, -0.1) is 0 Å². The summed E-state index contributed by atoms with van der Waals surface area (Å²) < 4.78 is 83.6. The molecule has 2 fully saturated rings. The van der Waals surface area contributed by atoms with E-state index < -0.39 is 45.1 Å². The number of carbonyl (C=O) groups excluding carboxylic acids is 2. The van der Waals surface area contributed by atoms with Gasteiger partial charge in [0.1, 0.15) is 0 Å². The summed E-state index contributed by atoms with van der Waals surface area (Å²) >= 11 is 0.357. The Labute approximate surface area is 238 Å². The van der Waals surface area contributed by atoms with Gasteiger partial charge < -0.3 is 10.6 Å². The van der Waals surface area contributed by atoms with E-state index in [-0.39, 0.29) is 23.2 Å². The SMILES string of the molecule is O=C(/C=C/c1ccc(Sc2ccc(/C=C/C(=O)NC3CCCC3)cc2C(F)(F)F)c(C(F)(F)F)c1)NC1CCCC1. The second-order valence-corrected chi connectivity index (χ2v) is 11.3. The lowest BCUT2D eigenvalue weighted by Gasteiger charge is -2.17. The van der Waals surface area contributed by atoms with E-state index in [2.05, 4.69) is 10.6 Å². The van der Waals surface area contributed by atoms with Crippen LogP contribution in [0, 0.1) is 0 Å². The van der Waals surface area contributed by atoms with Crippen molar-refractivity contribution in [2.75, 3.05) is 0 Å². The number of hydrogen-bond donors (Lipinski definition) is 2. The van der Waals surface area contributed by atoms with Crippen LogP contribution in [-0.2, 0) is 21.9 Å². The molecule has 220 valence electrons. The summed E-state index contributed by atoms with van der Waals surface area (Å²) in [7, 11) is 0. The zero-order valence-electron chi connectivity index (χ0n) is 22.1. The minimum atomic E-state index is -4.84. The summed E-state index contributed by atoms with van der Waals surface area (Å²) in [5.74, 6) is -0.826. The van der Waals surface area contributed by atoms with Crippen LogP contribution in [-0.4, -0.2) is 23.9 Å². The fourth-order valence-corrected chi connectivity index (χ4v) is 6.10. The van der Waals surface area contributed by atoms with Gasteiger partial charge in [0.25, 0.3) is 0 Å². The number of carbonyl (C=O) groups is 2. The molecule has 2 aliphatic rings. The molecule has 41 heavy (non-hydrogen) atoms. The van der Waals surface area contributed by atoms with Crippen molar-refractivity contribution in [1.82, 2.24) is 10.6 Å². The molecular formula is C30H30F6N2O2S. The van der Waals surface area contributed by atoms with E-state index in [0.717, 1.165) is 87.8 Å². The topological polar surface area (TPSA) is 58.2 Å². The van der Waals surface area contributed by atoms with Gasteiger partial charge in [0.2, 0.25) is 11.8 Å². The summed E-state index contributed by atoms with van der Waals surface area (Å²) in [6.45, 7) is 0. The molecule has 0 unspecified atom stereocenters. The van der Waals surface area contributed by atoms with Crippen LogP contribution in [0.4, 0.5) is 26.3 Å². The second-order valence-electron chi connectivity index (χ2n) is 10.3. The van der Waals surface area contributed by atoms with Crippen LogP contribution in [0.15, 0.2) is 58.3 Å². The summed E-state index contributed by atoms with van der Waals surface area (Å²) in [4.78, 5) is 23.4. The molecule has 2 aromatic rings. The Morgan fingerprint density at radius 1 is 0.659 bits per heavy atom. The van der Waals surface area contributed by atoms with Crippen molar-refractivity contribution in [2.45, 2.75) is 85.6 Å². The van der Waals surface area contributed by atoms with Crippen LogP contribution in [0.1, 0.15) is 73.6 Å². The number of halogens is 6. The molecule has 0 spiro atoms. The Morgan fingerprint density at radius 3 is 1.37 bits per heavy atom. The van der Waals surface area contributed by atoms with E-state index in [1.54, 1.807) is 0 Å². The van der Waals surface area contributed by atoms with E-state index in [9.17, 15) is 35.9 Å². The van der Waals surface area contributed by atoms with Crippen molar-refractivity contribution in [3.8, 4) is 0 Å². The Balaban J connectivity index is 1.53. The fourth-order valence-electron chi connectivity index (χ4n) is 5.02. The largest absolute Gasteiger partial charge is 0.417 e. The van der Waals surface area contributed by atoms with Gasteiger partial charge in [-0.25, -0.2) is 0 Å². The summed E-state index contributed by atoms with van der Waals surface area (Å²) in [6.07, 6.45) is 2.60. The molecule has 4 nitrogen and oxygen atoms in total. The minimum Gasteiger partial charge on any atom is -0.350 e. The second kappa shape index (κ2) is 13.2. The number of benzene rings is 2. The summed E-state index contributed by atoms with van der Waals surface area (Å²) in [5.41, 5.74) is -2.03. The highest BCUT2D eigenvalue weighted by Crippen LogP contribution is 2.44. The van der Waals surface area contributed by atoms with Crippen molar-refractivity contribution in [2.24, 2.45) is 0 Å². The van der Waals surface area contributed by atoms with Gasteiger partial charge in [0.05, 0.1) is 11.1 Å². The van der Waals surface area contributed by atoms with Gasteiger partial charge >= 0.3 is 12.4 Å². The Kier molecular flexibility index (Phi) is 9.88. The average molecular weight is 597 g/mol. The first-order valence-electron chi connectivity index (χ1n) is 13.5. The first kappa shape index (κ1) is 30.7. The average Bonchev–Trinajstić information content (AvgIpc) is 3.61. The third-order valence-corrected chi connectivity index (χ3v) is 8.25. The predicted molar refractivity (Wildman–Crippen MR) is 146 cm³/mol. The highest BCUT2D eigenvalue weighted by atomic mass is 32.2. The number of rotatable bonds is 8. The van der Waals surface area contributed by atoms with Crippen LogP contribution in [0.2, 0.25) is 0 Å². The van der Waals surface area contributed by atoms with Crippen LogP contribution in [0.25, 0.3) is 12.2 Å². The van der Waals surface area contributed by atoms with E-state index in [1.807, 2.05) is 0 Å². The third kappa shape index (κ3) is 8.89. The van der Waals surface area contributed by atoms with Crippen molar-refractivity contribution in [3.05, 3.63) is 70.8 Å². The molecule has 2 amide bonds. The van der Waals surface area contributed by atoms with Crippen LogP contribution >= 0.6 is 11.8 Å². The quantitative estimate of drug-likeness (QED) is 0.240. The molecule has 0 saturated heterocycles. The zero-order valence-corrected chi connectivity index (χ0v) is 22.9. The van der Waals surface area contributed by atoms with Gasteiger partial charge in [0.15, 0.2) is 0 Å². The lowest BCUT2D eigenvalue weighted by Crippen LogP contribution is -2.30. The van der Waals surface area contributed by atoms with Crippen molar-refractivity contribution in [1.29, 1.82) is 0 Å². The Morgan fingerprint density at radius 2 is 1.02 bits per heavy atom. The normalized spacial score (nSPS) is 17.1. The standard InChI is InChI=1S/C30H30F6N2O2S/c31-29(32,33)23-17-19(11-15-27(39)37-21-5-1-2-6-21)9-13-25(23)41-26-14-10-20(18-24(26)30(34,35)36)12-16-28(40)38-22-7-3-4-8-22/h9-18,21-22H,1-8H2,(H,37,39)(H,38,40)/b15-11+,16-12+. The molecule has 0 radical (unpaired) electrons. The van der Waals surface area contributed by atoms with Gasteiger partial charge in [-0.2, -0.15) is 26.3 Å². The molecule has 2 aromatic carbocycles. The molecule has 0 heterocycles. The zero-order chi connectivity index (χ0) is 29.6. The monoisotopic (exact) mass is 596 g/mol. The molecule has 2 saturated carbocycles. The number of alkyl halides is 6. The molecule has 0 bridgehead atoms. The molecule has 11 heteroatoms. The maximum atomic E-state index is 13.9. The highest BCUT2D eigenvalue weighted by molar-refractivity contribution is 7.99. The highest BCUT2D eigenvalue weighted by Gasteiger charge is 2.37. The van der Waals surface area contributed by atoms with Crippen LogP contribution < -0.4 is 10.6 Å². The Bertz CT molecular complexity index is 1210. The van der Waals surface area contributed by atoms with Gasteiger partial charge in [-0.05, 0) is 73.2 Å². The lowest BCUT2D eigenvalue weighted by molar-refractivity contribution is -0.140. The van der Waals surface area contributed by atoms with E-state index in [1.165, 1.54) is 24.3 Å². The van der Waals surface area contributed by atoms with Gasteiger partial charge in [-0.1, -0.05) is 49.6 Å². The van der Waals surface area contributed by atoms with Crippen LogP contribution in [0.3, 0.4) is 0 Å². The number of hydrogen-bond acceptors (Lipinski definition) is 3. The smallest absolute Gasteiger partial charge is 0.350 e. The maximum Gasteiger partial charge on any atom is 0.417 e. The first-order valence-corrected chi connectivity index (χ1v) is 14.3. The maximum absolute atomic E-state index is 13.9. The minimum absolute atomic E-state index is 0.0513. The van der Waals surface area contributed by atoms with Crippen LogP contribution in [0.5, 0.6) is 0 Å². The summed E-state index contributed by atoms with van der Waals surface area (Å²) in [6, 6.07) is 6.58. The summed E-state index contributed by atoms with van der Waals surface area (Å²) in [5, 5.41) is 5.62. The lowest BCUT2D eigenvalue weighted by atomic mass is 10.1. The van der Waals surface area contributed by atoms with Gasteiger partial charge in [0, 0.05) is 34.0 Å². The molecule has 2 N–H and O–H groups in total. The Hall–Kier alpha value is -3.21. The van der Waals surface area contributed by atoms with Crippen molar-refractivity contribution >= 4 is 35.7 Å². The first-order chi connectivity index (χ1) is 19.4. The number of nitrogens with one attached hydrogen (secondary N) is 2. The third-order valence-electron chi connectivity index (χ3n) is 7.10. The van der Waals surface area contributed by atoms with Crippen molar-refractivity contribution in [3.63, 3.8) is 0 Å². The van der Waals surface area contributed by atoms with Crippen molar-refractivity contribution < 1.29 is 35.9 Å². The van der Waals surface area contributed by atoms with E-state index in [0.29, 0.717) is 11.8 Å². The van der Waals surface area contributed by atoms with Gasteiger partial charge in [-0.3, -0.25) is 9.59 Å². The molecule has 2 aliphatic carbocycles. The molecule has 0 aliphatic heterocycles. The molecule has 0 atom stereocenters. The van der Waals surface area contributed by atoms with E-state index >= 15 is 0 Å². The predicted octanol–water partition coefficient (Wildman–Crippen LogP) is 8.02. The fraction of sp³-hybridized carbons (Fsp3) is 0.400. The molecular weight excluding hydrogens is 566 g/mol. The molecule has 4 rings (SSSR count). The number of amides is 2. The van der Waals surface area contributed by atoms with E-state index in [4.69, 9.17) is 0 Å².